The van der Waals surface area contributed by atoms with Crippen molar-refractivity contribution in [3.8, 4) is 11.3 Å². The van der Waals surface area contributed by atoms with E-state index in [1.165, 1.54) is 0 Å². The van der Waals surface area contributed by atoms with Crippen LogP contribution in [-0.2, 0) is 4.74 Å². The summed E-state index contributed by atoms with van der Waals surface area (Å²) in [5, 5.41) is 6.69. The van der Waals surface area contributed by atoms with Gasteiger partial charge in [0, 0.05) is 50.6 Å². The number of pyridine rings is 1. The van der Waals surface area contributed by atoms with Gasteiger partial charge in [0.05, 0.1) is 41.7 Å². The number of piperidine rings is 1. The highest BCUT2D eigenvalue weighted by atomic mass is 35.5. The Kier molecular flexibility index (Phi) is 6.27. The number of nitrogens with one attached hydrogen (secondary N) is 2. The highest BCUT2D eigenvalue weighted by Gasteiger charge is 2.36. The molecule has 0 spiro atoms. The van der Waals surface area contributed by atoms with Gasteiger partial charge in [-0.25, -0.2) is 18.7 Å². The predicted molar refractivity (Wildman–Crippen MR) is 125 cm³/mol. The zero-order valence-electron chi connectivity index (χ0n) is 18.0. The summed E-state index contributed by atoms with van der Waals surface area (Å²) in [6, 6.07) is 7.74. The molecule has 0 bridgehead atoms. The van der Waals surface area contributed by atoms with E-state index in [4.69, 9.17) is 21.3 Å². The zero-order valence-corrected chi connectivity index (χ0v) is 18.8. The molecule has 7 nitrogen and oxygen atoms in total. The van der Waals surface area contributed by atoms with Crippen molar-refractivity contribution in [1.29, 1.82) is 0 Å². The molecule has 33 heavy (non-hydrogen) atoms. The van der Waals surface area contributed by atoms with Crippen LogP contribution < -0.4 is 15.5 Å². The summed E-state index contributed by atoms with van der Waals surface area (Å²) < 4.78 is 33.0. The Morgan fingerprint density at radius 2 is 2.00 bits per heavy atom. The monoisotopic (exact) mass is 474 g/mol. The van der Waals surface area contributed by atoms with Crippen molar-refractivity contribution in [2.24, 2.45) is 5.92 Å². The van der Waals surface area contributed by atoms with Crippen LogP contribution in [0, 0.1) is 5.92 Å². The number of anilines is 2. The number of fused-ring (bicyclic) bond motifs is 1. The molecule has 1 atom stereocenters. The number of alkyl halides is 2. The largest absolute Gasteiger partial charge is 0.378 e. The molecular weight excluding hydrogens is 450 g/mol. The van der Waals surface area contributed by atoms with E-state index in [1.54, 1.807) is 12.4 Å². The van der Waals surface area contributed by atoms with E-state index in [-0.39, 0.29) is 18.9 Å². The SMILES string of the molecule is FC1(F)CNCC(CNc2nc(-c3ccc(N4CCOCC4)c(Cl)c3)cc3nccnc23)C1. The minimum Gasteiger partial charge on any atom is -0.378 e. The Morgan fingerprint density at radius 1 is 1.18 bits per heavy atom. The number of hydrogen-bond acceptors (Lipinski definition) is 7. The van der Waals surface area contributed by atoms with Crippen molar-refractivity contribution in [2.75, 3.05) is 56.2 Å². The van der Waals surface area contributed by atoms with Crippen LogP contribution >= 0.6 is 11.6 Å². The second-order valence-electron chi connectivity index (χ2n) is 8.48. The second kappa shape index (κ2) is 9.32. The van der Waals surface area contributed by atoms with E-state index < -0.39 is 5.92 Å². The summed E-state index contributed by atoms with van der Waals surface area (Å²) in [4.78, 5) is 15.8. The second-order valence-corrected chi connectivity index (χ2v) is 8.89. The van der Waals surface area contributed by atoms with Crippen molar-refractivity contribution in [1.82, 2.24) is 20.3 Å². The fourth-order valence-electron chi connectivity index (χ4n) is 4.38. The van der Waals surface area contributed by atoms with Crippen molar-refractivity contribution in [2.45, 2.75) is 12.3 Å². The van der Waals surface area contributed by atoms with Crippen molar-refractivity contribution < 1.29 is 13.5 Å². The maximum absolute atomic E-state index is 13.8. The van der Waals surface area contributed by atoms with Gasteiger partial charge >= 0.3 is 0 Å². The molecule has 0 saturated carbocycles. The molecule has 2 fully saturated rings. The molecule has 2 aromatic heterocycles. The average Bonchev–Trinajstić information content (AvgIpc) is 2.82. The van der Waals surface area contributed by atoms with Gasteiger partial charge < -0.3 is 20.3 Å². The molecule has 1 aromatic carbocycles. The molecule has 4 heterocycles. The molecule has 10 heteroatoms. The molecule has 3 aromatic rings. The molecule has 2 saturated heterocycles. The third-order valence-electron chi connectivity index (χ3n) is 6.01. The van der Waals surface area contributed by atoms with Gasteiger partial charge in [-0.15, -0.1) is 0 Å². The topological polar surface area (TPSA) is 75.2 Å². The number of hydrogen-bond donors (Lipinski definition) is 2. The van der Waals surface area contributed by atoms with Crippen LogP contribution in [0.2, 0.25) is 5.02 Å². The Bertz CT molecular complexity index is 1140. The summed E-state index contributed by atoms with van der Waals surface area (Å²) in [5.41, 5.74) is 3.78. The maximum atomic E-state index is 13.8. The lowest BCUT2D eigenvalue weighted by atomic mass is 9.97. The zero-order chi connectivity index (χ0) is 22.8. The van der Waals surface area contributed by atoms with Gasteiger partial charge in [0.25, 0.3) is 5.92 Å². The van der Waals surface area contributed by atoms with Crippen molar-refractivity contribution in [3.05, 3.63) is 41.7 Å². The normalized spacial score (nSPS) is 20.7. The Morgan fingerprint density at radius 3 is 2.79 bits per heavy atom. The molecule has 1 unspecified atom stereocenters. The van der Waals surface area contributed by atoms with E-state index in [2.05, 4.69) is 25.5 Å². The smallest absolute Gasteiger partial charge is 0.260 e. The van der Waals surface area contributed by atoms with Crippen LogP contribution in [0.15, 0.2) is 36.7 Å². The number of benzene rings is 1. The molecule has 0 radical (unpaired) electrons. The Hall–Kier alpha value is -2.62. The Labute approximate surface area is 195 Å². The van der Waals surface area contributed by atoms with E-state index in [1.807, 2.05) is 24.3 Å². The quantitative estimate of drug-likeness (QED) is 0.582. The maximum Gasteiger partial charge on any atom is 0.260 e. The van der Waals surface area contributed by atoms with Crippen molar-refractivity contribution >= 4 is 34.1 Å². The summed E-state index contributed by atoms with van der Waals surface area (Å²) in [7, 11) is 0. The average molecular weight is 475 g/mol. The van der Waals surface area contributed by atoms with Gasteiger partial charge in [0.1, 0.15) is 5.52 Å². The van der Waals surface area contributed by atoms with Crippen LogP contribution in [0.3, 0.4) is 0 Å². The first-order valence-electron chi connectivity index (χ1n) is 11.1. The van der Waals surface area contributed by atoms with Gasteiger partial charge in [0.15, 0.2) is 5.82 Å². The number of halogens is 3. The molecule has 2 aliphatic heterocycles. The van der Waals surface area contributed by atoms with E-state index in [0.29, 0.717) is 53.9 Å². The van der Waals surface area contributed by atoms with Crippen LogP contribution in [0.1, 0.15) is 6.42 Å². The number of rotatable bonds is 5. The summed E-state index contributed by atoms with van der Waals surface area (Å²) in [6.45, 7) is 3.58. The van der Waals surface area contributed by atoms with Gasteiger partial charge in [-0.1, -0.05) is 17.7 Å². The van der Waals surface area contributed by atoms with Gasteiger partial charge in [-0.05, 0) is 24.1 Å². The number of nitrogens with zero attached hydrogens (tertiary/aromatic N) is 4. The van der Waals surface area contributed by atoms with Gasteiger partial charge in [-0.3, -0.25) is 4.98 Å². The minimum absolute atomic E-state index is 0.158. The summed E-state index contributed by atoms with van der Waals surface area (Å²) in [6.07, 6.45) is 3.06. The molecule has 0 amide bonds. The first-order valence-corrected chi connectivity index (χ1v) is 11.4. The lowest BCUT2D eigenvalue weighted by Crippen LogP contribution is -2.45. The van der Waals surface area contributed by atoms with E-state index in [0.717, 1.165) is 24.3 Å². The predicted octanol–water partition coefficient (Wildman–Crippen LogP) is 3.84. The molecule has 0 aliphatic carbocycles. The van der Waals surface area contributed by atoms with Crippen LogP contribution in [0.5, 0.6) is 0 Å². The van der Waals surface area contributed by atoms with Crippen molar-refractivity contribution in [3.63, 3.8) is 0 Å². The molecule has 2 N–H and O–H groups in total. The number of aromatic nitrogens is 3. The highest BCUT2D eigenvalue weighted by molar-refractivity contribution is 6.33. The Balaban J connectivity index is 1.42. The van der Waals surface area contributed by atoms with Crippen LogP contribution in [0.25, 0.3) is 22.3 Å². The third-order valence-corrected chi connectivity index (χ3v) is 6.32. The molecule has 174 valence electrons. The van der Waals surface area contributed by atoms with E-state index in [9.17, 15) is 8.78 Å². The summed E-state index contributed by atoms with van der Waals surface area (Å²) in [5.74, 6) is -2.38. The van der Waals surface area contributed by atoms with Gasteiger partial charge in [0.2, 0.25) is 0 Å². The van der Waals surface area contributed by atoms with Crippen LogP contribution in [-0.4, -0.2) is 66.8 Å². The third kappa shape index (κ3) is 5.00. The standard InChI is InChI=1S/C23H25ClF2N6O/c24-17-9-16(1-2-20(17)32-5-7-33-8-6-32)18-10-19-21(29-4-3-28-19)22(31-18)30-13-15-11-23(25,26)14-27-12-15/h1-4,9-10,15,27H,5-8,11-14H2,(H,30,31). The molecular formula is C23H25ClF2N6O. The molecule has 5 rings (SSSR count). The van der Waals surface area contributed by atoms with Gasteiger partial charge in [-0.2, -0.15) is 0 Å². The molecule has 2 aliphatic rings. The fraction of sp³-hybridized carbons (Fsp3) is 0.435. The number of morpholine rings is 1. The first kappa shape index (κ1) is 22.2. The van der Waals surface area contributed by atoms with Crippen LogP contribution in [0.4, 0.5) is 20.3 Å². The van der Waals surface area contributed by atoms with E-state index >= 15 is 0 Å². The first-order chi connectivity index (χ1) is 16.0. The highest BCUT2D eigenvalue weighted by Crippen LogP contribution is 2.33. The number of ether oxygens (including phenoxy) is 1. The minimum atomic E-state index is -2.69. The fourth-order valence-corrected chi connectivity index (χ4v) is 4.68. The lowest BCUT2D eigenvalue weighted by Gasteiger charge is -2.30. The lowest BCUT2D eigenvalue weighted by molar-refractivity contribution is -0.0370. The summed E-state index contributed by atoms with van der Waals surface area (Å²) >= 11 is 6.63.